The van der Waals surface area contributed by atoms with Crippen LogP contribution in [0.15, 0.2) is 67.0 Å². The van der Waals surface area contributed by atoms with Gasteiger partial charge in [0.05, 0.1) is 17.8 Å². The first-order chi connectivity index (χ1) is 12.7. The van der Waals surface area contributed by atoms with Gasteiger partial charge in [-0.2, -0.15) is 5.10 Å². The maximum absolute atomic E-state index is 13.2. The van der Waals surface area contributed by atoms with E-state index < -0.39 is 0 Å². The van der Waals surface area contributed by atoms with Gasteiger partial charge in [-0.05, 0) is 60.2 Å². The summed E-state index contributed by atoms with van der Waals surface area (Å²) in [5.74, 6) is -0.293. The number of amides is 1. The number of H-pyrrole nitrogens is 1. The minimum absolute atomic E-state index is 0.293. The molecule has 1 amide bonds. The summed E-state index contributed by atoms with van der Waals surface area (Å²) in [4.78, 5) is 17.2. The summed E-state index contributed by atoms with van der Waals surface area (Å²) >= 11 is 0. The predicted molar refractivity (Wildman–Crippen MR) is 98.0 cm³/mol. The number of aromatic nitrogens is 3. The topological polar surface area (TPSA) is 61.9 Å². The average Bonchev–Trinajstić information content (AvgIpc) is 3.11. The molecule has 26 heavy (non-hydrogen) atoms. The summed E-state index contributed by atoms with van der Waals surface area (Å²) in [6, 6.07) is 15.6. The van der Waals surface area contributed by atoms with E-state index in [1.54, 1.807) is 29.4 Å². The zero-order valence-electron chi connectivity index (χ0n) is 13.8. The van der Waals surface area contributed by atoms with E-state index in [1.807, 2.05) is 30.3 Å². The number of carbonyl (C=O) groups is 1. The zero-order chi connectivity index (χ0) is 17.9. The third-order valence-corrected chi connectivity index (χ3v) is 4.23. The Balaban J connectivity index is 1.73. The molecule has 2 heterocycles. The molecule has 6 heteroatoms. The van der Waals surface area contributed by atoms with E-state index in [1.165, 1.54) is 12.1 Å². The molecule has 4 aromatic rings. The molecule has 0 bridgehead atoms. The molecular formula is C20H15FN4O. The summed E-state index contributed by atoms with van der Waals surface area (Å²) in [5.41, 5.74) is 4.12. The van der Waals surface area contributed by atoms with E-state index in [9.17, 15) is 9.18 Å². The molecule has 0 radical (unpaired) electrons. The maximum atomic E-state index is 13.2. The molecular weight excluding hydrogens is 331 g/mol. The van der Waals surface area contributed by atoms with Crippen molar-refractivity contribution in [3.8, 4) is 11.3 Å². The van der Waals surface area contributed by atoms with Crippen LogP contribution in [-0.4, -0.2) is 21.6 Å². The maximum Gasteiger partial charge on any atom is 0.214 e. The van der Waals surface area contributed by atoms with E-state index in [0.717, 1.165) is 39.8 Å². The first kappa shape index (κ1) is 16.0. The highest BCUT2D eigenvalue weighted by atomic mass is 19.1. The van der Waals surface area contributed by atoms with Crippen molar-refractivity contribution in [3.05, 3.63) is 78.4 Å². The minimum Gasteiger partial charge on any atom is -0.311 e. The molecule has 2 aromatic heterocycles. The summed E-state index contributed by atoms with van der Waals surface area (Å²) in [7, 11) is 0. The molecule has 1 N–H and O–H groups in total. The number of fused-ring (bicyclic) bond motifs is 1. The van der Waals surface area contributed by atoms with Gasteiger partial charge in [-0.25, -0.2) is 4.39 Å². The van der Waals surface area contributed by atoms with Crippen molar-refractivity contribution in [2.75, 3.05) is 4.90 Å². The van der Waals surface area contributed by atoms with Crippen molar-refractivity contribution in [1.82, 2.24) is 15.2 Å². The van der Waals surface area contributed by atoms with Crippen LogP contribution < -0.4 is 4.90 Å². The lowest BCUT2D eigenvalue weighted by atomic mass is 10.1. The van der Waals surface area contributed by atoms with E-state index in [4.69, 9.17) is 0 Å². The molecule has 0 spiro atoms. The fraction of sp³-hybridized carbons (Fsp3) is 0.0500. The van der Waals surface area contributed by atoms with Crippen molar-refractivity contribution in [2.24, 2.45) is 0 Å². The Morgan fingerprint density at radius 3 is 2.54 bits per heavy atom. The Kier molecular flexibility index (Phi) is 4.15. The molecule has 4 rings (SSSR count). The van der Waals surface area contributed by atoms with Crippen LogP contribution in [0.4, 0.5) is 10.1 Å². The number of aromatic amines is 1. The van der Waals surface area contributed by atoms with Gasteiger partial charge in [-0.1, -0.05) is 0 Å². The molecule has 0 aliphatic carbocycles. The molecule has 0 atom stereocenters. The lowest BCUT2D eigenvalue weighted by molar-refractivity contribution is -0.107. The van der Waals surface area contributed by atoms with Crippen LogP contribution in [0.25, 0.3) is 22.2 Å². The van der Waals surface area contributed by atoms with E-state index >= 15 is 0 Å². The van der Waals surface area contributed by atoms with Gasteiger partial charge in [0.25, 0.3) is 0 Å². The fourth-order valence-electron chi connectivity index (χ4n) is 2.88. The minimum atomic E-state index is -0.293. The Morgan fingerprint density at radius 2 is 1.81 bits per heavy atom. The molecule has 0 unspecified atom stereocenters. The van der Waals surface area contributed by atoms with Crippen molar-refractivity contribution in [1.29, 1.82) is 0 Å². The van der Waals surface area contributed by atoms with E-state index in [2.05, 4.69) is 15.2 Å². The Hall–Kier alpha value is -3.54. The van der Waals surface area contributed by atoms with Crippen LogP contribution in [0, 0.1) is 5.82 Å². The van der Waals surface area contributed by atoms with Crippen molar-refractivity contribution in [3.63, 3.8) is 0 Å². The van der Waals surface area contributed by atoms with Gasteiger partial charge in [0, 0.05) is 29.0 Å². The van der Waals surface area contributed by atoms with Crippen molar-refractivity contribution in [2.45, 2.75) is 6.54 Å². The first-order valence-electron chi connectivity index (χ1n) is 8.09. The average molecular weight is 346 g/mol. The normalized spacial score (nSPS) is 10.8. The molecule has 128 valence electrons. The van der Waals surface area contributed by atoms with Gasteiger partial charge in [0.1, 0.15) is 5.82 Å². The molecule has 0 saturated heterocycles. The molecule has 0 saturated carbocycles. The van der Waals surface area contributed by atoms with Gasteiger partial charge in [-0.3, -0.25) is 14.9 Å². The SMILES string of the molecule is O=CN(Cc1ccncc1)c1ccc2[nH]nc(-c3ccc(F)cc3)c2c1. The van der Waals surface area contributed by atoms with Crippen molar-refractivity contribution >= 4 is 23.0 Å². The Labute approximate surface area is 149 Å². The molecule has 0 aliphatic heterocycles. The predicted octanol–water partition coefficient (Wildman–Crippen LogP) is 3.93. The van der Waals surface area contributed by atoms with Crippen LogP contribution in [0.5, 0.6) is 0 Å². The second-order valence-electron chi connectivity index (χ2n) is 5.90. The quantitative estimate of drug-likeness (QED) is 0.557. The number of nitrogens with one attached hydrogen (secondary N) is 1. The van der Waals surface area contributed by atoms with E-state index in [0.29, 0.717) is 6.54 Å². The van der Waals surface area contributed by atoms with Crippen LogP contribution >= 0.6 is 0 Å². The number of hydrogen-bond donors (Lipinski definition) is 1. The van der Waals surface area contributed by atoms with Crippen LogP contribution in [-0.2, 0) is 11.3 Å². The first-order valence-corrected chi connectivity index (χ1v) is 8.09. The van der Waals surface area contributed by atoms with Gasteiger partial charge < -0.3 is 4.90 Å². The number of halogens is 1. The highest BCUT2D eigenvalue weighted by Gasteiger charge is 2.12. The van der Waals surface area contributed by atoms with Gasteiger partial charge in [0.2, 0.25) is 6.41 Å². The number of anilines is 1. The fourth-order valence-corrected chi connectivity index (χ4v) is 2.88. The summed E-state index contributed by atoms with van der Waals surface area (Å²) in [6.45, 7) is 0.446. The molecule has 0 aliphatic rings. The van der Waals surface area contributed by atoms with Gasteiger partial charge >= 0.3 is 0 Å². The Morgan fingerprint density at radius 1 is 1.04 bits per heavy atom. The Bertz CT molecular complexity index is 1040. The number of pyridine rings is 1. The van der Waals surface area contributed by atoms with Gasteiger partial charge in [-0.15, -0.1) is 0 Å². The second kappa shape index (κ2) is 6.76. The van der Waals surface area contributed by atoms with Crippen LogP contribution in [0.1, 0.15) is 5.56 Å². The lowest BCUT2D eigenvalue weighted by Gasteiger charge is -2.17. The van der Waals surface area contributed by atoms with Crippen molar-refractivity contribution < 1.29 is 9.18 Å². The third-order valence-electron chi connectivity index (χ3n) is 4.23. The number of rotatable bonds is 5. The summed E-state index contributed by atoms with van der Waals surface area (Å²) in [6.07, 6.45) is 4.20. The summed E-state index contributed by atoms with van der Waals surface area (Å²) < 4.78 is 13.2. The monoisotopic (exact) mass is 346 g/mol. The second-order valence-corrected chi connectivity index (χ2v) is 5.90. The molecule has 5 nitrogen and oxygen atoms in total. The molecule has 0 fully saturated rings. The summed E-state index contributed by atoms with van der Waals surface area (Å²) in [5, 5.41) is 8.19. The smallest absolute Gasteiger partial charge is 0.214 e. The largest absolute Gasteiger partial charge is 0.311 e. The number of hydrogen-bond acceptors (Lipinski definition) is 3. The van der Waals surface area contributed by atoms with Crippen LogP contribution in [0.3, 0.4) is 0 Å². The third kappa shape index (κ3) is 3.04. The molecule has 2 aromatic carbocycles. The number of nitrogens with zero attached hydrogens (tertiary/aromatic N) is 3. The lowest BCUT2D eigenvalue weighted by Crippen LogP contribution is -2.20. The zero-order valence-corrected chi connectivity index (χ0v) is 13.8. The van der Waals surface area contributed by atoms with Crippen LogP contribution in [0.2, 0.25) is 0 Å². The standard InChI is InChI=1S/C20H15FN4O/c21-16-3-1-15(2-4-16)20-18-11-17(5-6-19(18)23-24-20)25(13-26)12-14-7-9-22-10-8-14/h1-11,13H,12H2,(H,23,24). The highest BCUT2D eigenvalue weighted by Crippen LogP contribution is 2.30. The van der Waals surface area contributed by atoms with E-state index in [-0.39, 0.29) is 5.82 Å². The van der Waals surface area contributed by atoms with Gasteiger partial charge in [0.15, 0.2) is 0 Å². The number of benzene rings is 2. The number of carbonyl (C=O) groups excluding carboxylic acids is 1. The highest BCUT2D eigenvalue weighted by molar-refractivity contribution is 5.96.